The zero-order valence-electron chi connectivity index (χ0n) is 13.0. The number of para-hydroxylation sites is 1. The third-order valence-corrected chi connectivity index (χ3v) is 3.73. The van der Waals surface area contributed by atoms with E-state index in [0.717, 1.165) is 0 Å². The Kier molecular flexibility index (Phi) is 5.20. The number of carbonyl (C=O) groups excluding carboxylic acids is 1. The Morgan fingerprint density at radius 1 is 1.08 bits per heavy atom. The molecule has 5 nitrogen and oxygen atoms in total. The van der Waals surface area contributed by atoms with E-state index in [1.165, 1.54) is 18.3 Å². The maximum atomic E-state index is 13.6. The van der Waals surface area contributed by atoms with Crippen molar-refractivity contribution in [2.75, 3.05) is 10.6 Å². The Balaban J connectivity index is 1.70. The van der Waals surface area contributed by atoms with Gasteiger partial charge in [0.25, 0.3) is 5.91 Å². The molecule has 0 radical (unpaired) electrons. The molecule has 0 aliphatic heterocycles. The molecule has 1 heterocycles. The number of amides is 1. The van der Waals surface area contributed by atoms with E-state index in [1.54, 1.807) is 42.5 Å². The Labute approximate surface area is 148 Å². The van der Waals surface area contributed by atoms with E-state index in [0.29, 0.717) is 16.3 Å². The molecule has 0 saturated heterocycles. The average Bonchev–Trinajstić information content (AvgIpc) is 2.63. The van der Waals surface area contributed by atoms with E-state index in [-0.39, 0.29) is 24.0 Å². The third-order valence-electron chi connectivity index (χ3n) is 3.41. The van der Waals surface area contributed by atoms with Crippen molar-refractivity contribution in [1.29, 1.82) is 0 Å². The van der Waals surface area contributed by atoms with Gasteiger partial charge in [-0.25, -0.2) is 14.4 Å². The van der Waals surface area contributed by atoms with Crippen LogP contribution in [0.5, 0.6) is 0 Å². The van der Waals surface area contributed by atoms with Crippen LogP contribution in [0, 0.1) is 5.82 Å². The fourth-order valence-corrected chi connectivity index (χ4v) is 2.32. The van der Waals surface area contributed by atoms with Crippen molar-refractivity contribution in [1.82, 2.24) is 9.97 Å². The van der Waals surface area contributed by atoms with Gasteiger partial charge in [-0.15, -0.1) is 0 Å². The van der Waals surface area contributed by atoms with Crippen molar-refractivity contribution >= 4 is 29.1 Å². The molecule has 0 saturated carbocycles. The highest BCUT2D eigenvalue weighted by molar-refractivity contribution is 6.33. The lowest BCUT2D eigenvalue weighted by atomic mass is 10.2. The number of aromatic nitrogens is 2. The summed E-state index contributed by atoms with van der Waals surface area (Å²) >= 11 is 6.02. The summed E-state index contributed by atoms with van der Waals surface area (Å²) < 4.78 is 13.6. The summed E-state index contributed by atoms with van der Waals surface area (Å²) in [5.74, 6) is -0.498. The molecule has 7 heteroatoms. The Morgan fingerprint density at radius 2 is 1.84 bits per heavy atom. The van der Waals surface area contributed by atoms with Gasteiger partial charge in [-0.3, -0.25) is 4.79 Å². The molecule has 2 N–H and O–H groups in total. The maximum absolute atomic E-state index is 13.6. The van der Waals surface area contributed by atoms with Crippen molar-refractivity contribution in [3.05, 3.63) is 82.9 Å². The first-order valence-corrected chi connectivity index (χ1v) is 7.87. The summed E-state index contributed by atoms with van der Waals surface area (Å²) in [6.45, 7) is 0.211. The van der Waals surface area contributed by atoms with E-state index >= 15 is 0 Å². The summed E-state index contributed by atoms with van der Waals surface area (Å²) in [6, 6.07) is 14.8. The van der Waals surface area contributed by atoms with Gasteiger partial charge in [0.1, 0.15) is 11.5 Å². The molecule has 3 aromatic rings. The Bertz CT molecular complexity index is 904. The predicted molar refractivity (Wildman–Crippen MR) is 95.2 cm³/mol. The van der Waals surface area contributed by atoms with Crippen molar-refractivity contribution in [2.24, 2.45) is 0 Å². The minimum Gasteiger partial charge on any atom is -0.350 e. The van der Waals surface area contributed by atoms with Crippen LogP contribution in [-0.2, 0) is 6.54 Å². The molecular weight excluding hydrogens is 343 g/mol. The lowest BCUT2D eigenvalue weighted by molar-refractivity contribution is 0.102. The second-order valence-electron chi connectivity index (χ2n) is 5.14. The third kappa shape index (κ3) is 4.30. The number of carbonyl (C=O) groups is 1. The van der Waals surface area contributed by atoms with E-state index in [9.17, 15) is 9.18 Å². The quantitative estimate of drug-likeness (QED) is 0.721. The smallest absolute Gasteiger partial charge is 0.274 e. The van der Waals surface area contributed by atoms with Crippen molar-refractivity contribution in [3.8, 4) is 0 Å². The molecule has 0 bridgehead atoms. The minimum absolute atomic E-state index is 0.172. The number of hydrogen-bond acceptors (Lipinski definition) is 4. The van der Waals surface area contributed by atoms with Gasteiger partial charge in [0, 0.05) is 18.3 Å². The van der Waals surface area contributed by atoms with Gasteiger partial charge in [0.05, 0.1) is 10.7 Å². The van der Waals surface area contributed by atoms with Crippen LogP contribution in [0.15, 0.2) is 60.8 Å². The summed E-state index contributed by atoms with van der Waals surface area (Å²) in [4.78, 5) is 20.5. The fraction of sp³-hybridized carbons (Fsp3) is 0.0556. The number of hydrogen-bond donors (Lipinski definition) is 2. The number of anilines is 2. The summed E-state index contributed by atoms with van der Waals surface area (Å²) in [6.07, 6.45) is 1.46. The average molecular weight is 357 g/mol. The molecular formula is C18H14ClFN4O. The number of nitrogens with one attached hydrogen (secondary N) is 2. The molecule has 1 aromatic heterocycles. The number of rotatable bonds is 5. The lowest BCUT2D eigenvalue weighted by Crippen LogP contribution is -2.15. The topological polar surface area (TPSA) is 66.9 Å². The minimum atomic E-state index is -0.413. The van der Waals surface area contributed by atoms with Crippen molar-refractivity contribution in [2.45, 2.75) is 6.54 Å². The predicted octanol–water partition coefficient (Wildman–Crippen LogP) is 4.13. The summed E-state index contributed by atoms with van der Waals surface area (Å²) in [5.41, 5.74) is 1.15. The molecule has 126 valence electrons. The van der Waals surface area contributed by atoms with E-state index in [2.05, 4.69) is 20.6 Å². The SMILES string of the molecule is O=C(Nc1ccccc1Cl)c1ccnc(NCc2ccccc2F)n1. The molecule has 1 amide bonds. The van der Waals surface area contributed by atoms with Crippen LogP contribution in [0.25, 0.3) is 0 Å². The van der Waals surface area contributed by atoms with Gasteiger partial charge < -0.3 is 10.6 Å². The van der Waals surface area contributed by atoms with Gasteiger partial charge in [-0.05, 0) is 24.3 Å². The first-order chi connectivity index (χ1) is 12.1. The van der Waals surface area contributed by atoms with Gasteiger partial charge >= 0.3 is 0 Å². The lowest BCUT2D eigenvalue weighted by Gasteiger charge is -2.08. The van der Waals surface area contributed by atoms with Crippen LogP contribution in [0.1, 0.15) is 16.1 Å². The fourth-order valence-electron chi connectivity index (χ4n) is 2.14. The summed E-state index contributed by atoms with van der Waals surface area (Å²) in [7, 11) is 0. The van der Waals surface area contributed by atoms with Gasteiger partial charge in [0.2, 0.25) is 5.95 Å². The zero-order chi connectivity index (χ0) is 17.6. The number of nitrogens with zero attached hydrogens (tertiary/aromatic N) is 2. The molecule has 0 atom stereocenters. The van der Waals surface area contributed by atoms with Crippen LogP contribution in [0.2, 0.25) is 5.02 Å². The van der Waals surface area contributed by atoms with Crippen LogP contribution in [-0.4, -0.2) is 15.9 Å². The largest absolute Gasteiger partial charge is 0.350 e. The first kappa shape index (κ1) is 16.9. The van der Waals surface area contributed by atoms with E-state index in [4.69, 9.17) is 11.6 Å². The van der Waals surface area contributed by atoms with Crippen LogP contribution in [0.3, 0.4) is 0 Å². The number of halogens is 2. The molecule has 0 unspecified atom stereocenters. The van der Waals surface area contributed by atoms with Gasteiger partial charge in [-0.2, -0.15) is 0 Å². The summed E-state index contributed by atoms with van der Waals surface area (Å²) in [5, 5.41) is 6.02. The second-order valence-corrected chi connectivity index (χ2v) is 5.55. The molecule has 0 spiro atoms. The standard InChI is InChI=1S/C18H14ClFN4O/c19-13-6-2-4-8-15(13)23-17(25)16-9-10-21-18(24-16)22-11-12-5-1-3-7-14(12)20/h1-10H,11H2,(H,23,25)(H,21,22,24). The Morgan fingerprint density at radius 3 is 2.64 bits per heavy atom. The molecule has 25 heavy (non-hydrogen) atoms. The van der Waals surface area contributed by atoms with Crippen molar-refractivity contribution < 1.29 is 9.18 Å². The Hall–Kier alpha value is -2.99. The monoisotopic (exact) mass is 356 g/mol. The van der Waals surface area contributed by atoms with Crippen LogP contribution in [0.4, 0.5) is 16.0 Å². The van der Waals surface area contributed by atoms with Crippen molar-refractivity contribution in [3.63, 3.8) is 0 Å². The highest BCUT2D eigenvalue weighted by Crippen LogP contribution is 2.21. The second kappa shape index (κ2) is 7.72. The van der Waals surface area contributed by atoms with Gasteiger partial charge in [0.15, 0.2) is 0 Å². The van der Waals surface area contributed by atoms with Gasteiger partial charge in [-0.1, -0.05) is 41.9 Å². The zero-order valence-corrected chi connectivity index (χ0v) is 13.8. The maximum Gasteiger partial charge on any atom is 0.274 e. The molecule has 0 aliphatic rings. The normalized spacial score (nSPS) is 10.3. The molecule has 0 aliphatic carbocycles. The van der Waals surface area contributed by atoms with E-state index in [1.807, 2.05) is 0 Å². The van der Waals surface area contributed by atoms with E-state index < -0.39 is 5.91 Å². The van der Waals surface area contributed by atoms with Crippen LogP contribution < -0.4 is 10.6 Å². The molecule has 3 rings (SSSR count). The number of benzene rings is 2. The highest BCUT2D eigenvalue weighted by Gasteiger charge is 2.11. The van der Waals surface area contributed by atoms with Crippen LogP contribution >= 0.6 is 11.6 Å². The molecule has 0 fully saturated rings. The first-order valence-electron chi connectivity index (χ1n) is 7.49. The molecule has 2 aromatic carbocycles. The highest BCUT2D eigenvalue weighted by atomic mass is 35.5.